The third kappa shape index (κ3) is 3.22. The van der Waals surface area contributed by atoms with E-state index in [0.29, 0.717) is 13.0 Å². The molecule has 0 saturated heterocycles. The van der Waals surface area contributed by atoms with Gasteiger partial charge in [0.1, 0.15) is 6.10 Å². The maximum atomic E-state index is 11.0. The Morgan fingerprint density at radius 2 is 2.00 bits per heavy atom. The van der Waals surface area contributed by atoms with Crippen molar-refractivity contribution in [1.29, 1.82) is 0 Å². The molecule has 0 unspecified atom stereocenters. The summed E-state index contributed by atoms with van der Waals surface area (Å²) in [5.74, 6) is -0.135. The van der Waals surface area contributed by atoms with Crippen molar-refractivity contribution in [1.82, 2.24) is 0 Å². The van der Waals surface area contributed by atoms with Crippen molar-refractivity contribution in [2.75, 3.05) is 6.54 Å². The maximum Gasteiger partial charge on any atom is 0.307 e. The van der Waals surface area contributed by atoms with Crippen LogP contribution in [0.25, 0.3) is 0 Å². The highest BCUT2D eigenvalue weighted by Gasteiger charge is 2.16. The molecule has 70 valence electrons. The molecule has 0 atom stereocenters. The van der Waals surface area contributed by atoms with Gasteiger partial charge in [-0.25, -0.2) is 0 Å². The first kappa shape index (κ1) is 9.52. The second kappa shape index (κ2) is 5.14. The van der Waals surface area contributed by atoms with E-state index in [1.165, 1.54) is 19.3 Å². The van der Waals surface area contributed by atoms with Gasteiger partial charge >= 0.3 is 5.97 Å². The molecule has 1 fully saturated rings. The summed E-state index contributed by atoms with van der Waals surface area (Å²) in [6.45, 7) is 0.394. The summed E-state index contributed by atoms with van der Waals surface area (Å²) < 4.78 is 5.21. The van der Waals surface area contributed by atoms with Crippen LogP contribution in [0.2, 0.25) is 0 Å². The zero-order valence-corrected chi connectivity index (χ0v) is 7.42. The molecule has 1 aliphatic carbocycles. The number of hydrogen-bond donors (Lipinski definition) is 1. The summed E-state index contributed by atoms with van der Waals surface area (Å²) in [6, 6.07) is 0. The SMILES string of the molecule is NCCC(=O)OC1CCCCC1. The average Bonchev–Trinajstić information content (AvgIpc) is 2.06. The Kier molecular flexibility index (Phi) is 4.08. The minimum absolute atomic E-state index is 0.135. The van der Waals surface area contributed by atoms with Crippen LogP contribution in [0.3, 0.4) is 0 Å². The van der Waals surface area contributed by atoms with E-state index in [2.05, 4.69) is 0 Å². The van der Waals surface area contributed by atoms with Gasteiger partial charge in [-0.1, -0.05) is 6.42 Å². The molecule has 0 spiro atoms. The number of carbonyl (C=O) groups excluding carboxylic acids is 1. The predicted molar refractivity (Wildman–Crippen MR) is 46.6 cm³/mol. The second-order valence-electron chi connectivity index (χ2n) is 3.29. The number of esters is 1. The zero-order chi connectivity index (χ0) is 8.81. The smallest absolute Gasteiger partial charge is 0.307 e. The first-order valence-electron chi connectivity index (χ1n) is 4.72. The van der Waals surface area contributed by atoms with Gasteiger partial charge < -0.3 is 10.5 Å². The van der Waals surface area contributed by atoms with Crippen molar-refractivity contribution in [2.45, 2.75) is 44.6 Å². The molecule has 2 N–H and O–H groups in total. The van der Waals surface area contributed by atoms with Crippen molar-refractivity contribution in [3.8, 4) is 0 Å². The fourth-order valence-corrected chi connectivity index (χ4v) is 1.55. The van der Waals surface area contributed by atoms with Gasteiger partial charge in [0.05, 0.1) is 6.42 Å². The van der Waals surface area contributed by atoms with Crippen LogP contribution in [0, 0.1) is 0 Å². The summed E-state index contributed by atoms with van der Waals surface area (Å²) >= 11 is 0. The zero-order valence-electron chi connectivity index (χ0n) is 7.42. The molecule has 0 aromatic carbocycles. The number of carbonyl (C=O) groups is 1. The van der Waals surface area contributed by atoms with Crippen LogP contribution in [0.15, 0.2) is 0 Å². The number of nitrogens with two attached hydrogens (primary N) is 1. The van der Waals surface area contributed by atoms with Gasteiger partial charge in [0.15, 0.2) is 0 Å². The monoisotopic (exact) mass is 171 g/mol. The van der Waals surface area contributed by atoms with Crippen LogP contribution in [-0.2, 0) is 9.53 Å². The van der Waals surface area contributed by atoms with Crippen molar-refractivity contribution < 1.29 is 9.53 Å². The fourth-order valence-electron chi connectivity index (χ4n) is 1.55. The fraction of sp³-hybridized carbons (Fsp3) is 0.889. The van der Waals surface area contributed by atoms with Crippen molar-refractivity contribution in [2.24, 2.45) is 5.73 Å². The van der Waals surface area contributed by atoms with E-state index in [9.17, 15) is 4.79 Å². The van der Waals surface area contributed by atoms with Gasteiger partial charge in [-0.05, 0) is 25.7 Å². The van der Waals surface area contributed by atoms with E-state index in [4.69, 9.17) is 10.5 Å². The van der Waals surface area contributed by atoms with E-state index >= 15 is 0 Å². The lowest BCUT2D eigenvalue weighted by Gasteiger charge is -2.21. The molecular weight excluding hydrogens is 154 g/mol. The first-order valence-corrected chi connectivity index (χ1v) is 4.72. The van der Waals surface area contributed by atoms with Crippen LogP contribution in [0.4, 0.5) is 0 Å². The largest absolute Gasteiger partial charge is 0.462 e. The number of rotatable bonds is 3. The summed E-state index contributed by atoms with van der Waals surface area (Å²) in [4.78, 5) is 11.0. The van der Waals surface area contributed by atoms with E-state index in [-0.39, 0.29) is 12.1 Å². The van der Waals surface area contributed by atoms with Crippen molar-refractivity contribution in [3.63, 3.8) is 0 Å². The van der Waals surface area contributed by atoms with Gasteiger partial charge in [-0.15, -0.1) is 0 Å². The van der Waals surface area contributed by atoms with Crippen LogP contribution in [-0.4, -0.2) is 18.6 Å². The maximum absolute atomic E-state index is 11.0. The second-order valence-corrected chi connectivity index (χ2v) is 3.29. The number of hydrogen-bond acceptors (Lipinski definition) is 3. The van der Waals surface area contributed by atoms with Crippen molar-refractivity contribution >= 4 is 5.97 Å². The third-order valence-corrected chi connectivity index (χ3v) is 2.20. The van der Waals surface area contributed by atoms with Gasteiger partial charge in [-0.2, -0.15) is 0 Å². The predicted octanol–water partition coefficient (Wildman–Crippen LogP) is 1.21. The number of ether oxygens (including phenoxy) is 1. The van der Waals surface area contributed by atoms with Crippen LogP contribution in [0.1, 0.15) is 38.5 Å². The Balaban J connectivity index is 2.15. The molecule has 0 bridgehead atoms. The van der Waals surface area contributed by atoms with Crippen LogP contribution < -0.4 is 5.73 Å². The van der Waals surface area contributed by atoms with Gasteiger partial charge in [0, 0.05) is 6.54 Å². The summed E-state index contributed by atoms with van der Waals surface area (Å²) in [7, 11) is 0. The summed E-state index contributed by atoms with van der Waals surface area (Å²) in [5.41, 5.74) is 5.23. The van der Waals surface area contributed by atoms with Crippen LogP contribution in [0.5, 0.6) is 0 Å². The summed E-state index contributed by atoms with van der Waals surface area (Å²) in [5, 5.41) is 0. The highest BCUT2D eigenvalue weighted by Crippen LogP contribution is 2.20. The normalized spacial score (nSPS) is 19.1. The molecule has 3 nitrogen and oxygen atoms in total. The van der Waals surface area contributed by atoms with Gasteiger partial charge in [-0.3, -0.25) is 4.79 Å². The minimum Gasteiger partial charge on any atom is -0.462 e. The Hall–Kier alpha value is -0.570. The van der Waals surface area contributed by atoms with E-state index in [0.717, 1.165) is 12.8 Å². The molecule has 12 heavy (non-hydrogen) atoms. The highest BCUT2D eigenvalue weighted by atomic mass is 16.5. The molecule has 0 aliphatic heterocycles. The molecule has 3 heteroatoms. The summed E-state index contributed by atoms with van der Waals surface area (Å²) in [6.07, 6.45) is 6.28. The topological polar surface area (TPSA) is 52.3 Å². The standard InChI is InChI=1S/C9H17NO2/c10-7-6-9(11)12-8-4-2-1-3-5-8/h8H,1-7,10H2. The first-order chi connectivity index (χ1) is 5.83. The Bertz CT molecular complexity index is 141. The molecule has 1 rings (SSSR count). The Morgan fingerprint density at radius 1 is 1.33 bits per heavy atom. The van der Waals surface area contributed by atoms with E-state index in [1.807, 2.05) is 0 Å². The highest BCUT2D eigenvalue weighted by molar-refractivity contribution is 5.69. The minimum atomic E-state index is -0.135. The van der Waals surface area contributed by atoms with Crippen molar-refractivity contribution in [3.05, 3.63) is 0 Å². The molecule has 1 saturated carbocycles. The van der Waals surface area contributed by atoms with Gasteiger partial charge in [0.2, 0.25) is 0 Å². The quantitative estimate of drug-likeness (QED) is 0.649. The average molecular weight is 171 g/mol. The molecule has 0 aromatic rings. The molecule has 0 radical (unpaired) electrons. The lowest BCUT2D eigenvalue weighted by Crippen LogP contribution is -2.22. The molecule has 1 aliphatic rings. The lowest BCUT2D eigenvalue weighted by atomic mass is 9.98. The Labute approximate surface area is 73.3 Å². The third-order valence-electron chi connectivity index (χ3n) is 2.20. The molecule has 0 amide bonds. The molecule has 0 aromatic heterocycles. The molecular formula is C9H17NO2. The lowest BCUT2D eigenvalue weighted by molar-refractivity contribution is -0.150. The molecule has 0 heterocycles. The van der Waals surface area contributed by atoms with Crippen LogP contribution >= 0.6 is 0 Å². The van der Waals surface area contributed by atoms with E-state index < -0.39 is 0 Å². The van der Waals surface area contributed by atoms with E-state index in [1.54, 1.807) is 0 Å². The Morgan fingerprint density at radius 3 is 2.58 bits per heavy atom. The van der Waals surface area contributed by atoms with Gasteiger partial charge in [0.25, 0.3) is 0 Å².